The summed E-state index contributed by atoms with van der Waals surface area (Å²) < 4.78 is 3.56. The Hall–Kier alpha value is -2.08. The van der Waals surface area contributed by atoms with Gasteiger partial charge in [0, 0.05) is 26.2 Å². The summed E-state index contributed by atoms with van der Waals surface area (Å²) in [6.45, 7) is 6.40. The van der Waals surface area contributed by atoms with Gasteiger partial charge in [0.05, 0.1) is 11.9 Å². The van der Waals surface area contributed by atoms with Gasteiger partial charge in [-0.2, -0.15) is 5.10 Å². The molecule has 3 nitrogen and oxygen atoms in total. The third-order valence-electron chi connectivity index (χ3n) is 4.04. The minimum atomic E-state index is 0.982. The molecule has 3 aromatic rings. The van der Waals surface area contributed by atoms with Crippen molar-refractivity contribution in [2.24, 2.45) is 5.10 Å². The van der Waals surface area contributed by atoms with E-state index in [1.54, 1.807) is 0 Å². The zero-order valence-corrected chi connectivity index (χ0v) is 16.2. The number of hydrogen-bond acceptors (Lipinski definition) is 2. The summed E-state index contributed by atoms with van der Waals surface area (Å²) in [7, 11) is 0. The molecular formula is C20H20IN3. The van der Waals surface area contributed by atoms with E-state index in [4.69, 9.17) is 0 Å². The smallest absolute Gasteiger partial charge is 0.0562 e. The maximum Gasteiger partial charge on any atom is 0.0562 e. The van der Waals surface area contributed by atoms with Gasteiger partial charge < -0.3 is 4.57 Å². The van der Waals surface area contributed by atoms with Crippen molar-refractivity contribution in [3.05, 3.63) is 80.7 Å². The normalized spacial score (nSPS) is 11.2. The second kappa shape index (κ2) is 7.21. The van der Waals surface area contributed by atoms with Crippen molar-refractivity contribution < 1.29 is 0 Å². The van der Waals surface area contributed by atoms with Crippen LogP contribution in [0.2, 0.25) is 0 Å². The van der Waals surface area contributed by atoms with Gasteiger partial charge in [0.2, 0.25) is 0 Å². The van der Waals surface area contributed by atoms with Crippen molar-refractivity contribution in [1.29, 1.82) is 0 Å². The van der Waals surface area contributed by atoms with Crippen LogP contribution >= 0.6 is 22.6 Å². The molecule has 122 valence electrons. The quantitative estimate of drug-likeness (QED) is 0.334. The van der Waals surface area contributed by atoms with Crippen LogP contribution in [-0.4, -0.2) is 10.8 Å². The number of nitrogens with zero attached hydrogens (tertiary/aromatic N) is 2. The topological polar surface area (TPSA) is 29.3 Å². The summed E-state index contributed by atoms with van der Waals surface area (Å²) in [5.41, 5.74) is 10.0. The molecule has 3 rings (SSSR count). The molecule has 1 heterocycles. The first-order valence-corrected chi connectivity index (χ1v) is 8.94. The summed E-state index contributed by atoms with van der Waals surface area (Å²) >= 11 is 2.37. The molecule has 4 heteroatoms. The zero-order chi connectivity index (χ0) is 17.1. The summed E-state index contributed by atoms with van der Waals surface area (Å²) in [6.07, 6.45) is 1.88. The number of aryl methyl sites for hydroxylation is 2. The van der Waals surface area contributed by atoms with E-state index in [1.807, 2.05) is 36.5 Å². The van der Waals surface area contributed by atoms with Crippen molar-refractivity contribution in [2.45, 2.75) is 20.8 Å². The fraction of sp³-hybridized carbons (Fsp3) is 0.150. The second-order valence-corrected chi connectivity index (χ2v) is 6.99. The van der Waals surface area contributed by atoms with Crippen LogP contribution in [-0.2, 0) is 0 Å². The highest BCUT2D eigenvalue weighted by Gasteiger charge is 2.10. The molecule has 1 N–H and O–H groups in total. The number of para-hydroxylation sites is 1. The Morgan fingerprint density at radius 2 is 1.75 bits per heavy atom. The van der Waals surface area contributed by atoms with E-state index in [0.29, 0.717) is 0 Å². The van der Waals surface area contributed by atoms with E-state index >= 15 is 0 Å². The Bertz CT molecular complexity index is 879. The fourth-order valence-corrected chi connectivity index (χ4v) is 3.11. The molecule has 0 unspecified atom stereocenters. The Labute approximate surface area is 156 Å². The molecule has 0 aliphatic rings. The van der Waals surface area contributed by atoms with Crippen molar-refractivity contribution in [2.75, 3.05) is 5.43 Å². The Kier molecular flexibility index (Phi) is 5.04. The molecule has 0 atom stereocenters. The maximum absolute atomic E-state index is 4.36. The lowest BCUT2D eigenvalue weighted by Crippen LogP contribution is -2.00. The average molecular weight is 429 g/mol. The largest absolute Gasteiger partial charge is 0.318 e. The van der Waals surface area contributed by atoms with E-state index in [0.717, 1.165) is 11.3 Å². The number of aromatic nitrogens is 1. The molecule has 0 saturated heterocycles. The molecular weight excluding hydrogens is 409 g/mol. The van der Waals surface area contributed by atoms with Gasteiger partial charge >= 0.3 is 0 Å². The van der Waals surface area contributed by atoms with Gasteiger partial charge in [-0.3, -0.25) is 5.43 Å². The van der Waals surface area contributed by atoms with Crippen LogP contribution in [0, 0.1) is 24.3 Å². The number of hydrazone groups is 1. The minimum absolute atomic E-state index is 0.982. The lowest BCUT2D eigenvalue weighted by molar-refractivity contribution is 0.962. The van der Waals surface area contributed by atoms with Crippen molar-refractivity contribution >= 4 is 34.5 Å². The van der Waals surface area contributed by atoms with Crippen molar-refractivity contribution in [3.8, 4) is 5.69 Å². The maximum atomic E-state index is 4.36. The van der Waals surface area contributed by atoms with Gasteiger partial charge in [-0.15, -0.1) is 0 Å². The van der Waals surface area contributed by atoms with Crippen molar-refractivity contribution in [3.63, 3.8) is 0 Å². The third kappa shape index (κ3) is 3.53. The van der Waals surface area contributed by atoms with E-state index in [9.17, 15) is 0 Å². The Balaban J connectivity index is 1.87. The summed E-state index contributed by atoms with van der Waals surface area (Å²) in [5.74, 6) is 0. The van der Waals surface area contributed by atoms with Crippen molar-refractivity contribution in [1.82, 2.24) is 4.57 Å². The molecule has 24 heavy (non-hydrogen) atoms. The highest BCUT2D eigenvalue weighted by atomic mass is 127. The lowest BCUT2D eigenvalue weighted by Gasteiger charge is -2.11. The van der Waals surface area contributed by atoms with E-state index < -0.39 is 0 Å². The van der Waals surface area contributed by atoms with Gasteiger partial charge in [0.15, 0.2) is 0 Å². The summed E-state index contributed by atoms with van der Waals surface area (Å²) in [5, 5.41) is 4.36. The van der Waals surface area contributed by atoms with Crippen LogP contribution in [0.15, 0.2) is 59.7 Å². The Morgan fingerprint density at radius 3 is 2.46 bits per heavy atom. The molecule has 0 bridgehead atoms. The fourth-order valence-electron chi connectivity index (χ4n) is 2.77. The minimum Gasteiger partial charge on any atom is -0.318 e. The van der Waals surface area contributed by atoms with Crippen LogP contribution in [0.1, 0.15) is 22.5 Å². The number of hydrogen-bond donors (Lipinski definition) is 1. The molecule has 0 fully saturated rings. The standard InChI is InChI=1S/C20H20IN3/c1-14-11-19(9-10-20(14)21)24-15(2)12-17(16(24)3)13-22-23-18-7-5-4-6-8-18/h4-13,23H,1-3H3/b22-13-. The van der Waals surface area contributed by atoms with Gasteiger partial charge in [-0.05, 0) is 85.3 Å². The van der Waals surface area contributed by atoms with Crippen LogP contribution in [0.5, 0.6) is 0 Å². The van der Waals surface area contributed by atoms with E-state index in [1.165, 1.54) is 26.2 Å². The predicted octanol–water partition coefficient (Wildman–Crippen LogP) is 5.45. The van der Waals surface area contributed by atoms with Crippen LogP contribution < -0.4 is 5.43 Å². The molecule has 0 amide bonds. The SMILES string of the molecule is Cc1cc(-n2c(C)cc(/C=N\Nc3ccccc3)c2C)ccc1I. The predicted molar refractivity (Wildman–Crippen MR) is 110 cm³/mol. The number of rotatable bonds is 4. The van der Waals surface area contributed by atoms with Gasteiger partial charge in [0.25, 0.3) is 0 Å². The highest BCUT2D eigenvalue weighted by Crippen LogP contribution is 2.22. The highest BCUT2D eigenvalue weighted by molar-refractivity contribution is 14.1. The van der Waals surface area contributed by atoms with Crippen LogP contribution in [0.25, 0.3) is 5.69 Å². The molecule has 0 saturated carbocycles. The van der Waals surface area contributed by atoms with E-state index in [-0.39, 0.29) is 0 Å². The zero-order valence-electron chi connectivity index (χ0n) is 14.0. The summed E-state index contributed by atoms with van der Waals surface area (Å²) in [6, 6.07) is 18.7. The number of benzene rings is 2. The first kappa shape index (κ1) is 16.8. The van der Waals surface area contributed by atoms with Gasteiger partial charge in [0.1, 0.15) is 0 Å². The van der Waals surface area contributed by atoms with Crippen LogP contribution in [0.3, 0.4) is 0 Å². The summed E-state index contributed by atoms with van der Waals surface area (Å²) in [4.78, 5) is 0. The number of nitrogens with one attached hydrogen (secondary N) is 1. The first-order chi connectivity index (χ1) is 11.6. The average Bonchev–Trinajstić information content (AvgIpc) is 2.85. The second-order valence-electron chi connectivity index (χ2n) is 5.83. The number of halogens is 1. The molecule has 2 aromatic carbocycles. The van der Waals surface area contributed by atoms with E-state index in [2.05, 4.69) is 82.7 Å². The van der Waals surface area contributed by atoms with Gasteiger partial charge in [-0.1, -0.05) is 18.2 Å². The molecule has 0 spiro atoms. The van der Waals surface area contributed by atoms with Crippen LogP contribution in [0.4, 0.5) is 5.69 Å². The lowest BCUT2D eigenvalue weighted by atomic mass is 10.2. The molecule has 0 aliphatic heterocycles. The molecule has 0 radical (unpaired) electrons. The molecule has 1 aromatic heterocycles. The third-order valence-corrected chi connectivity index (χ3v) is 5.25. The monoisotopic (exact) mass is 429 g/mol. The first-order valence-electron chi connectivity index (χ1n) is 7.86. The number of anilines is 1. The van der Waals surface area contributed by atoms with Gasteiger partial charge in [-0.25, -0.2) is 0 Å². The molecule has 0 aliphatic carbocycles. The Morgan fingerprint density at radius 1 is 1.00 bits per heavy atom.